The van der Waals surface area contributed by atoms with Gasteiger partial charge in [-0.25, -0.2) is 0 Å². The number of nitrogens with one attached hydrogen (secondary N) is 1. The number of carbonyl (C=O) groups excluding carboxylic acids is 2. The lowest BCUT2D eigenvalue weighted by atomic mass is 9.98. The second-order valence-corrected chi connectivity index (χ2v) is 7.24. The Labute approximate surface area is 190 Å². The van der Waals surface area contributed by atoms with Gasteiger partial charge in [0.05, 0.1) is 44.3 Å². The number of nitrogens with zero attached hydrogens (tertiary/aromatic N) is 2. The quantitative estimate of drug-likeness (QED) is 0.643. The van der Waals surface area contributed by atoms with Gasteiger partial charge in [-0.2, -0.15) is 5.26 Å². The summed E-state index contributed by atoms with van der Waals surface area (Å²) in [5.41, 5.74) is 3.33. The highest BCUT2D eigenvalue weighted by Crippen LogP contribution is 2.40. The molecule has 3 aromatic carbocycles. The summed E-state index contributed by atoms with van der Waals surface area (Å²) in [5.74, 6) is 0.328. The van der Waals surface area contributed by atoms with Gasteiger partial charge < -0.3 is 19.5 Å². The summed E-state index contributed by atoms with van der Waals surface area (Å²) in [6.07, 6.45) is 0. The van der Waals surface area contributed by atoms with Crippen LogP contribution in [0.4, 0.5) is 11.4 Å². The maximum Gasteiger partial charge on any atom is 0.259 e. The first kappa shape index (κ1) is 21.7. The molecule has 0 saturated heterocycles. The number of hydrogen-bond donors (Lipinski definition) is 1. The molecule has 0 bridgehead atoms. The van der Waals surface area contributed by atoms with E-state index in [-0.39, 0.29) is 18.0 Å². The summed E-state index contributed by atoms with van der Waals surface area (Å²) in [6, 6.07) is 17.8. The van der Waals surface area contributed by atoms with Crippen molar-refractivity contribution in [2.24, 2.45) is 0 Å². The van der Waals surface area contributed by atoms with Gasteiger partial charge >= 0.3 is 0 Å². The fourth-order valence-electron chi connectivity index (χ4n) is 3.83. The number of amides is 2. The molecule has 0 fully saturated rings. The predicted molar refractivity (Wildman–Crippen MR) is 123 cm³/mol. The van der Waals surface area contributed by atoms with Crippen LogP contribution < -0.4 is 24.4 Å². The number of fused-ring (bicyclic) bond motifs is 1. The third-order valence-electron chi connectivity index (χ3n) is 5.38. The van der Waals surface area contributed by atoms with Crippen molar-refractivity contribution in [3.63, 3.8) is 0 Å². The summed E-state index contributed by atoms with van der Waals surface area (Å²) in [6.45, 7) is -0.142. The Balaban J connectivity index is 1.77. The molecule has 1 aliphatic rings. The topological polar surface area (TPSA) is 101 Å². The Morgan fingerprint density at radius 2 is 1.70 bits per heavy atom. The highest BCUT2D eigenvalue weighted by molar-refractivity contribution is 6.15. The van der Waals surface area contributed by atoms with Crippen LogP contribution in [0, 0.1) is 11.3 Å². The van der Waals surface area contributed by atoms with Crippen LogP contribution in [0.2, 0.25) is 0 Å². The minimum atomic E-state index is -0.393. The molecule has 3 aromatic rings. The van der Waals surface area contributed by atoms with E-state index >= 15 is 0 Å². The third kappa shape index (κ3) is 3.92. The molecule has 0 unspecified atom stereocenters. The summed E-state index contributed by atoms with van der Waals surface area (Å²) < 4.78 is 16.0. The van der Waals surface area contributed by atoms with Crippen LogP contribution in [0.25, 0.3) is 11.1 Å². The molecule has 0 spiro atoms. The molecule has 1 heterocycles. The van der Waals surface area contributed by atoms with Crippen molar-refractivity contribution < 1.29 is 23.8 Å². The zero-order valence-corrected chi connectivity index (χ0v) is 18.3. The van der Waals surface area contributed by atoms with E-state index in [1.165, 1.54) is 26.2 Å². The lowest BCUT2D eigenvalue weighted by Crippen LogP contribution is -2.42. The SMILES string of the molecule is COc1cc(C(=O)N2CC(=O)Nc3cc(-c4ccccc4C#N)ccc32)cc(OC)c1OC. The van der Waals surface area contributed by atoms with Crippen molar-refractivity contribution in [1.82, 2.24) is 0 Å². The van der Waals surface area contributed by atoms with Crippen LogP contribution in [0.1, 0.15) is 15.9 Å². The normalized spacial score (nSPS) is 12.3. The maximum atomic E-state index is 13.5. The Hall–Kier alpha value is -4.51. The Morgan fingerprint density at radius 3 is 2.33 bits per heavy atom. The first-order valence-corrected chi connectivity index (χ1v) is 10.1. The van der Waals surface area contributed by atoms with Crippen molar-refractivity contribution in [3.05, 3.63) is 65.7 Å². The van der Waals surface area contributed by atoms with Gasteiger partial charge in [-0.05, 0) is 41.5 Å². The number of hydrogen-bond acceptors (Lipinski definition) is 6. The minimum absolute atomic E-state index is 0.142. The highest BCUT2D eigenvalue weighted by Gasteiger charge is 2.29. The number of anilines is 2. The van der Waals surface area contributed by atoms with E-state index in [4.69, 9.17) is 14.2 Å². The molecule has 33 heavy (non-hydrogen) atoms. The van der Waals surface area contributed by atoms with Gasteiger partial charge in [-0.1, -0.05) is 24.3 Å². The molecule has 0 atom stereocenters. The maximum absolute atomic E-state index is 13.5. The van der Waals surface area contributed by atoms with E-state index in [9.17, 15) is 14.9 Å². The summed E-state index contributed by atoms with van der Waals surface area (Å²) in [5, 5.41) is 12.2. The second kappa shape index (κ2) is 8.93. The fraction of sp³-hybridized carbons (Fsp3) is 0.160. The smallest absolute Gasteiger partial charge is 0.259 e. The van der Waals surface area contributed by atoms with Crippen LogP contribution in [0.3, 0.4) is 0 Å². The van der Waals surface area contributed by atoms with Crippen molar-refractivity contribution in [2.45, 2.75) is 0 Å². The molecule has 0 radical (unpaired) electrons. The number of methoxy groups -OCH3 is 3. The number of rotatable bonds is 5. The van der Waals surface area contributed by atoms with Gasteiger partial charge in [0.2, 0.25) is 11.7 Å². The largest absolute Gasteiger partial charge is 0.493 e. The van der Waals surface area contributed by atoms with Gasteiger partial charge in [0.15, 0.2) is 11.5 Å². The molecule has 0 aromatic heterocycles. The first-order chi connectivity index (χ1) is 16.0. The molecule has 1 N–H and O–H groups in total. The predicted octanol–water partition coefficient (Wildman–Crippen LogP) is 3.85. The average molecular weight is 443 g/mol. The van der Waals surface area contributed by atoms with Gasteiger partial charge in [0.1, 0.15) is 6.54 Å². The molecule has 1 aliphatic heterocycles. The van der Waals surface area contributed by atoms with Crippen LogP contribution >= 0.6 is 0 Å². The van der Waals surface area contributed by atoms with E-state index in [1.807, 2.05) is 18.2 Å². The Kier molecular flexibility index (Phi) is 5.87. The van der Waals surface area contributed by atoms with Crippen molar-refractivity contribution in [3.8, 4) is 34.4 Å². The Morgan fingerprint density at radius 1 is 1.00 bits per heavy atom. The van der Waals surface area contributed by atoms with E-state index < -0.39 is 5.91 Å². The molecule has 2 amide bonds. The minimum Gasteiger partial charge on any atom is -0.493 e. The molecule has 0 aliphatic carbocycles. The number of carbonyl (C=O) groups is 2. The zero-order chi connectivity index (χ0) is 23.5. The number of benzene rings is 3. The fourth-order valence-corrected chi connectivity index (χ4v) is 3.83. The highest BCUT2D eigenvalue weighted by atomic mass is 16.5. The standard InChI is InChI=1S/C25H21N3O5/c1-31-21-11-17(12-22(32-2)24(21)33-3)25(30)28-14-23(29)27-19-10-15(8-9-20(19)28)18-7-5-4-6-16(18)13-26/h4-12H,14H2,1-3H3,(H,27,29). The van der Waals surface area contributed by atoms with Crippen LogP contribution in [-0.4, -0.2) is 39.7 Å². The Bertz CT molecular complexity index is 1270. The van der Waals surface area contributed by atoms with Gasteiger partial charge in [-0.15, -0.1) is 0 Å². The van der Waals surface area contributed by atoms with Crippen molar-refractivity contribution >= 4 is 23.2 Å². The number of nitriles is 1. The van der Waals surface area contributed by atoms with Crippen molar-refractivity contribution in [2.75, 3.05) is 38.1 Å². The van der Waals surface area contributed by atoms with E-state index in [2.05, 4.69) is 11.4 Å². The summed E-state index contributed by atoms with van der Waals surface area (Å²) in [7, 11) is 4.42. The van der Waals surface area contributed by atoms with Gasteiger partial charge in [0, 0.05) is 5.56 Å². The molecular formula is C25H21N3O5. The lowest BCUT2D eigenvalue weighted by Gasteiger charge is -2.30. The molecule has 0 saturated carbocycles. The van der Waals surface area contributed by atoms with Crippen LogP contribution in [-0.2, 0) is 4.79 Å². The molecular weight excluding hydrogens is 422 g/mol. The lowest BCUT2D eigenvalue weighted by molar-refractivity contribution is -0.115. The zero-order valence-electron chi connectivity index (χ0n) is 18.3. The average Bonchev–Trinajstić information content (AvgIpc) is 2.86. The van der Waals surface area contributed by atoms with E-state index in [0.717, 1.165) is 11.1 Å². The molecule has 8 nitrogen and oxygen atoms in total. The second-order valence-electron chi connectivity index (χ2n) is 7.24. The van der Waals surface area contributed by atoms with Crippen molar-refractivity contribution in [1.29, 1.82) is 5.26 Å². The molecule has 4 rings (SSSR count). The third-order valence-corrected chi connectivity index (χ3v) is 5.38. The monoisotopic (exact) mass is 443 g/mol. The van der Waals surface area contributed by atoms with Gasteiger partial charge in [0.25, 0.3) is 5.91 Å². The van der Waals surface area contributed by atoms with E-state index in [0.29, 0.717) is 34.2 Å². The summed E-state index contributed by atoms with van der Waals surface area (Å²) in [4.78, 5) is 27.3. The summed E-state index contributed by atoms with van der Waals surface area (Å²) >= 11 is 0. The first-order valence-electron chi connectivity index (χ1n) is 10.1. The number of ether oxygens (including phenoxy) is 3. The molecule has 166 valence electrons. The van der Waals surface area contributed by atoms with Crippen LogP contribution in [0.15, 0.2) is 54.6 Å². The van der Waals surface area contributed by atoms with Crippen LogP contribution in [0.5, 0.6) is 17.2 Å². The van der Waals surface area contributed by atoms with E-state index in [1.54, 1.807) is 36.4 Å². The molecule has 8 heteroatoms. The van der Waals surface area contributed by atoms with Gasteiger partial charge in [-0.3, -0.25) is 14.5 Å².